The summed E-state index contributed by atoms with van der Waals surface area (Å²) in [6, 6.07) is 10.2. The molecule has 1 aromatic rings. The summed E-state index contributed by atoms with van der Waals surface area (Å²) < 4.78 is 0. The number of benzene rings is 1. The number of hydrogen-bond acceptors (Lipinski definition) is 4. The minimum absolute atomic E-state index is 0.155. The van der Waals surface area contributed by atoms with E-state index < -0.39 is 0 Å². The van der Waals surface area contributed by atoms with Gasteiger partial charge in [-0.25, -0.2) is 0 Å². The van der Waals surface area contributed by atoms with Gasteiger partial charge in [-0.15, -0.1) is 11.8 Å². The van der Waals surface area contributed by atoms with Crippen molar-refractivity contribution in [3.05, 3.63) is 30.3 Å². The van der Waals surface area contributed by atoms with Gasteiger partial charge < -0.3 is 15.5 Å². The van der Waals surface area contributed by atoms with Crippen molar-refractivity contribution in [1.29, 1.82) is 0 Å². The van der Waals surface area contributed by atoms with Gasteiger partial charge in [-0.3, -0.25) is 4.79 Å². The molecule has 0 bridgehead atoms. The van der Waals surface area contributed by atoms with Gasteiger partial charge in [0, 0.05) is 31.1 Å². The van der Waals surface area contributed by atoms with Crippen LogP contribution in [0.3, 0.4) is 0 Å². The number of carbonyl (C=O) groups excluding carboxylic acids is 1. The molecule has 1 heterocycles. The lowest BCUT2D eigenvalue weighted by atomic mass is 10.2. The van der Waals surface area contributed by atoms with Gasteiger partial charge in [0.05, 0.1) is 11.8 Å². The van der Waals surface area contributed by atoms with Crippen LogP contribution in [-0.2, 0) is 4.79 Å². The van der Waals surface area contributed by atoms with Crippen LogP contribution in [0.1, 0.15) is 0 Å². The van der Waals surface area contributed by atoms with Crippen molar-refractivity contribution in [1.82, 2.24) is 9.80 Å². The van der Waals surface area contributed by atoms with Gasteiger partial charge in [-0.1, -0.05) is 18.2 Å². The second-order valence-corrected chi connectivity index (χ2v) is 5.89. The minimum Gasteiger partial charge on any atom is -0.335 e. The highest BCUT2D eigenvalue weighted by atomic mass is 32.2. The van der Waals surface area contributed by atoms with E-state index in [0.717, 1.165) is 24.5 Å². The van der Waals surface area contributed by atoms with Crippen molar-refractivity contribution in [2.24, 2.45) is 5.73 Å². The zero-order chi connectivity index (χ0) is 13.7. The molecule has 0 radical (unpaired) electrons. The van der Waals surface area contributed by atoms with Crippen LogP contribution >= 0.6 is 11.8 Å². The molecule has 104 valence electrons. The zero-order valence-corrected chi connectivity index (χ0v) is 12.1. The number of carbonyl (C=O) groups is 1. The van der Waals surface area contributed by atoms with E-state index in [-0.39, 0.29) is 11.9 Å². The van der Waals surface area contributed by atoms with Crippen LogP contribution in [0.2, 0.25) is 0 Å². The Balaban J connectivity index is 1.88. The van der Waals surface area contributed by atoms with Gasteiger partial charge in [0.25, 0.3) is 0 Å². The van der Waals surface area contributed by atoms with Crippen LogP contribution in [0.15, 0.2) is 35.2 Å². The van der Waals surface area contributed by atoms with Gasteiger partial charge in [0.2, 0.25) is 5.91 Å². The molecule has 1 amide bonds. The van der Waals surface area contributed by atoms with Crippen LogP contribution in [-0.4, -0.2) is 60.7 Å². The predicted molar refractivity (Wildman–Crippen MR) is 79.2 cm³/mol. The summed E-state index contributed by atoms with van der Waals surface area (Å²) in [5.41, 5.74) is 5.77. The third-order valence-electron chi connectivity index (χ3n) is 3.38. The molecule has 4 nitrogen and oxygen atoms in total. The molecule has 19 heavy (non-hydrogen) atoms. The summed E-state index contributed by atoms with van der Waals surface area (Å²) in [5.74, 6) is 0.682. The fourth-order valence-electron chi connectivity index (χ4n) is 2.29. The Hall–Kier alpha value is -1.04. The zero-order valence-electron chi connectivity index (χ0n) is 11.3. The largest absolute Gasteiger partial charge is 0.335 e. The summed E-state index contributed by atoms with van der Waals surface area (Å²) in [6.07, 6.45) is 0. The number of piperazine rings is 1. The summed E-state index contributed by atoms with van der Waals surface area (Å²) in [5, 5.41) is 0. The molecule has 0 aliphatic carbocycles. The van der Waals surface area contributed by atoms with Crippen LogP contribution in [0.25, 0.3) is 0 Å². The molecule has 0 spiro atoms. The summed E-state index contributed by atoms with van der Waals surface area (Å²) in [7, 11) is 2.07. The van der Waals surface area contributed by atoms with Gasteiger partial charge in [-0.2, -0.15) is 0 Å². The highest BCUT2D eigenvalue weighted by Gasteiger charge is 2.27. The van der Waals surface area contributed by atoms with Crippen molar-refractivity contribution in [3.63, 3.8) is 0 Å². The predicted octanol–water partition coefficient (Wildman–Crippen LogP) is 0.880. The average Bonchev–Trinajstić information content (AvgIpc) is 2.45. The van der Waals surface area contributed by atoms with E-state index in [1.54, 1.807) is 11.8 Å². The van der Waals surface area contributed by atoms with Crippen LogP contribution < -0.4 is 5.73 Å². The normalized spacial score (nSPS) is 20.5. The number of rotatable bonds is 4. The quantitative estimate of drug-likeness (QED) is 0.831. The Morgan fingerprint density at radius 1 is 1.37 bits per heavy atom. The first kappa shape index (κ1) is 14.4. The molecule has 5 heteroatoms. The molecule has 2 N–H and O–H groups in total. The van der Waals surface area contributed by atoms with Gasteiger partial charge in [-0.05, 0) is 19.2 Å². The molecule has 1 saturated heterocycles. The summed E-state index contributed by atoms with van der Waals surface area (Å²) in [4.78, 5) is 17.6. The van der Waals surface area contributed by atoms with Crippen molar-refractivity contribution in [2.75, 3.05) is 39.0 Å². The minimum atomic E-state index is 0.155. The second-order valence-electron chi connectivity index (χ2n) is 4.84. The second kappa shape index (κ2) is 6.93. The third kappa shape index (κ3) is 3.96. The summed E-state index contributed by atoms with van der Waals surface area (Å²) >= 11 is 1.59. The van der Waals surface area contributed by atoms with Crippen molar-refractivity contribution >= 4 is 17.7 Å². The number of hydrogen-bond donors (Lipinski definition) is 1. The molecule has 0 aromatic heterocycles. The average molecular weight is 279 g/mol. The third-order valence-corrected chi connectivity index (χ3v) is 4.38. The van der Waals surface area contributed by atoms with Crippen LogP contribution in [0.4, 0.5) is 0 Å². The maximum atomic E-state index is 12.3. The van der Waals surface area contributed by atoms with E-state index in [2.05, 4.69) is 11.9 Å². The Bertz CT molecular complexity index is 412. The standard InChI is InChI=1S/C14H21N3OS/c1-16-7-8-17(12(9-15)10-16)14(18)11-19-13-5-3-2-4-6-13/h2-6,12H,7-11,15H2,1H3. The molecule has 1 aliphatic heterocycles. The first-order chi connectivity index (χ1) is 9.20. The van der Waals surface area contributed by atoms with E-state index in [4.69, 9.17) is 5.73 Å². The number of thioether (sulfide) groups is 1. The van der Waals surface area contributed by atoms with Gasteiger partial charge >= 0.3 is 0 Å². The highest BCUT2D eigenvalue weighted by Crippen LogP contribution is 2.18. The molecule has 0 saturated carbocycles. The number of nitrogens with zero attached hydrogens (tertiary/aromatic N) is 2. The first-order valence-corrected chi connectivity index (χ1v) is 7.55. The number of amides is 1. The number of likely N-dealkylation sites (N-methyl/N-ethyl adjacent to an activating group) is 1. The van der Waals surface area contributed by atoms with Gasteiger partial charge in [0.15, 0.2) is 0 Å². The molecule has 2 rings (SSSR count). The summed E-state index contributed by atoms with van der Waals surface area (Å²) in [6.45, 7) is 3.12. The lowest BCUT2D eigenvalue weighted by molar-refractivity contribution is -0.132. The monoisotopic (exact) mass is 279 g/mol. The smallest absolute Gasteiger partial charge is 0.233 e. The van der Waals surface area contributed by atoms with Gasteiger partial charge in [0.1, 0.15) is 0 Å². The van der Waals surface area contributed by atoms with Crippen molar-refractivity contribution in [2.45, 2.75) is 10.9 Å². The molecular formula is C14H21N3OS. The van der Waals surface area contributed by atoms with E-state index in [0.29, 0.717) is 12.3 Å². The molecule has 1 unspecified atom stereocenters. The van der Waals surface area contributed by atoms with Crippen LogP contribution in [0, 0.1) is 0 Å². The number of nitrogens with two attached hydrogens (primary N) is 1. The van der Waals surface area contributed by atoms with E-state index >= 15 is 0 Å². The Labute approximate surface area is 118 Å². The highest BCUT2D eigenvalue weighted by molar-refractivity contribution is 8.00. The fourth-order valence-corrected chi connectivity index (χ4v) is 3.09. The lowest BCUT2D eigenvalue weighted by Crippen LogP contribution is -2.57. The Kier molecular flexibility index (Phi) is 5.24. The van der Waals surface area contributed by atoms with E-state index in [9.17, 15) is 4.79 Å². The first-order valence-electron chi connectivity index (χ1n) is 6.56. The SMILES string of the molecule is CN1CCN(C(=O)CSc2ccccc2)C(CN)C1. The Morgan fingerprint density at radius 2 is 2.11 bits per heavy atom. The van der Waals surface area contributed by atoms with Crippen molar-refractivity contribution in [3.8, 4) is 0 Å². The maximum Gasteiger partial charge on any atom is 0.233 e. The fraction of sp³-hybridized carbons (Fsp3) is 0.500. The molecule has 1 fully saturated rings. The molecule has 1 aliphatic rings. The molecular weight excluding hydrogens is 258 g/mol. The molecule has 1 aromatic carbocycles. The van der Waals surface area contributed by atoms with E-state index in [1.165, 1.54) is 0 Å². The molecule has 1 atom stereocenters. The van der Waals surface area contributed by atoms with E-state index in [1.807, 2.05) is 35.2 Å². The Morgan fingerprint density at radius 3 is 2.79 bits per heavy atom. The lowest BCUT2D eigenvalue weighted by Gasteiger charge is -2.39. The topological polar surface area (TPSA) is 49.6 Å². The maximum absolute atomic E-state index is 12.3. The van der Waals surface area contributed by atoms with Crippen LogP contribution in [0.5, 0.6) is 0 Å². The van der Waals surface area contributed by atoms with Crippen molar-refractivity contribution < 1.29 is 4.79 Å².